The van der Waals surface area contributed by atoms with Crippen molar-refractivity contribution in [2.24, 2.45) is 0 Å². The molecule has 0 aliphatic heterocycles. The predicted molar refractivity (Wildman–Crippen MR) is 40.4 cm³/mol. The molecule has 0 aliphatic rings. The first-order chi connectivity index (χ1) is 3.25. The molecule has 0 saturated heterocycles. The van der Waals surface area contributed by atoms with Gasteiger partial charge in [0, 0.05) is 0 Å². The third-order valence-corrected chi connectivity index (χ3v) is 2.78. The van der Waals surface area contributed by atoms with E-state index in [1.165, 1.54) is 6.92 Å². The summed E-state index contributed by atoms with van der Waals surface area (Å²) in [6.07, 6.45) is 0. The Morgan fingerprint density at radius 3 is 0.909 bits per heavy atom. The fourth-order valence-corrected chi connectivity index (χ4v) is 0. The fraction of sp³-hybridized carbons (Fsp3) is 1.00. The third kappa shape index (κ3) is 10.5. The molecule has 0 aromatic rings. The normalized spacial score (nSPS) is 10.4. The Kier molecular flexibility index (Phi) is 16.8. The van der Waals surface area contributed by atoms with Crippen molar-refractivity contribution in [2.75, 3.05) is 0 Å². The largest absolute Gasteiger partial charge is 2.00 e. The van der Waals surface area contributed by atoms with Crippen molar-refractivity contribution < 1.29 is 41.9 Å². The maximum absolute atomic E-state index is 5.38. The molecule has 0 atom stereocenters. The van der Waals surface area contributed by atoms with Crippen molar-refractivity contribution >= 4 is 58.0 Å². The molecule has 0 unspecified atom stereocenters. The van der Waals surface area contributed by atoms with Crippen molar-refractivity contribution in [3.8, 4) is 0 Å². The molecule has 0 aromatic carbocycles. The van der Waals surface area contributed by atoms with E-state index >= 15 is 0 Å². The minimum Gasteiger partial charge on any atom is -1.00 e. The Bertz CT molecular complexity index is 68.7. The SMILES string of the molecule is CC(Cl)(Cl)C(Cl)(Cl)Cl.[Cl-].[Cl-].[Fe+2]. The molecule has 0 heterocycles. The summed E-state index contributed by atoms with van der Waals surface area (Å²) < 4.78 is -2.94. The van der Waals surface area contributed by atoms with Crippen LogP contribution in [-0.2, 0) is 17.1 Å². The molecular weight excluding hydrogens is 340 g/mol. The van der Waals surface area contributed by atoms with E-state index in [-0.39, 0.29) is 41.9 Å². The molecule has 0 amide bonds. The van der Waals surface area contributed by atoms with Crippen LogP contribution in [0.5, 0.6) is 0 Å². The summed E-state index contributed by atoms with van der Waals surface area (Å²) >= 11 is 26.6. The summed E-state index contributed by atoms with van der Waals surface area (Å²) in [6, 6.07) is 0. The van der Waals surface area contributed by atoms with E-state index in [1.54, 1.807) is 0 Å². The smallest absolute Gasteiger partial charge is 1.00 e. The number of hydrogen-bond donors (Lipinski definition) is 0. The monoisotopic (exact) mass is 340 g/mol. The molecule has 0 bridgehead atoms. The van der Waals surface area contributed by atoms with Crippen molar-refractivity contribution in [3.05, 3.63) is 0 Å². The van der Waals surface area contributed by atoms with Gasteiger partial charge >= 0.3 is 17.1 Å². The van der Waals surface area contributed by atoms with Gasteiger partial charge in [0.2, 0.25) is 3.79 Å². The van der Waals surface area contributed by atoms with Crippen molar-refractivity contribution in [1.29, 1.82) is 0 Å². The molecule has 0 fully saturated rings. The van der Waals surface area contributed by atoms with Crippen LogP contribution in [0.4, 0.5) is 0 Å². The second-order valence-electron chi connectivity index (χ2n) is 1.39. The molecular formula is C3H3Cl7Fe. The summed E-state index contributed by atoms with van der Waals surface area (Å²) in [5, 5.41) is 0. The fourth-order valence-electron chi connectivity index (χ4n) is 0. The summed E-state index contributed by atoms with van der Waals surface area (Å²) in [5.41, 5.74) is 0. The van der Waals surface area contributed by atoms with Gasteiger partial charge in [-0.25, -0.2) is 0 Å². The first kappa shape index (κ1) is 23.4. The second kappa shape index (κ2) is 7.91. The van der Waals surface area contributed by atoms with E-state index in [0.29, 0.717) is 0 Å². The van der Waals surface area contributed by atoms with Gasteiger partial charge in [0.05, 0.1) is 0 Å². The summed E-state index contributed by atoms with van der Waals surface area (Å²) in [6.45, 7) is 1.41. The molecule has 72 valence electrons. The average molecular weight is 343 g/mol. The molecule has 0 spiro atoms. The van der Waals surface area contributed by atoms with Gasteiger partial charge in [0.25, 0.3) is 0 Å². The topological polar surface area (TPSA) is 0 Å². The summed E-state index contributed by atoms with van der Waals surface area (Å²) in [4.78, 5) is 0. The minimum absolute atomic E-state index is 0. The van der Waals surface area contributed by atoms with Gasteiger partial charge in [-0.1, -0.05) is 58.0 Å². The third-order valence-electron chi connectivity index (χ3n) is 0.498. The standard InChI is InChI=1S/C3H3Cl5.2ClH.Fe/c1-2(4,5)3(6,7)8;;;/h1H3;2*1H;/q;;;+2/p-2. The first-order valence-corrected chi connectivity index (χ1v) is 3.58. The molecule has 0 N–H and O–H groups in total. The Morgan fingerprint density at radius 2 is 0.909 bits per heavy atom. The number of rotatable bonds is 0. The molecule has 11 heavy (non-hydrogen) atoms. The van der Waals surface area contributed by atoms with Crippen molar-refractivity contribution in [1.82, 2.24) is 0 Å². The van der Waals surface area contributed by atoms with Gasteiger partial charge in [-0.15, -0.1) is 0 Å². The zero-order valence-corrected chi connectivity index (χ0v) is 11.4. The Hall–Kier alpha value is 2.55. The predicted octanol–water partition coefficient (Wildman–Crippen LogP) is -2.44. The second-order valence-corrected chi connectivity index (χ2v) is 5.37. The van der Waals surface area contributed by atoms with Crippen LogP contribution in [0.3, 0.4) is 0 Å². The molecule has 0 rings (SSSR count). The van der Waals surface area contributed by atoms with Crippen molar-refractivity contribution in [3.63, 3.8) is 0 Å². The van der Waals surface area contributed by atoms with Gasteiger partial charge in [0.15, 0.2) is 4.33 Å². The Labute approximate surface area is 114 Å². The first-order valence-electron chi connectivity index (χ1n) is 1.69. The van der Waals surface area contributed by atoms with Crippen LogP contribution in [0.1, 0.15) is 6.92 Å². The molecule has 8 heteroatoms. The van der Waals surface area contributed by atoms with Crippen molar-refractivity contribution in [2.45, 2.75) is 15.0 Å². The molecule has 0 radical (unpaired) electrons. The van der Waals surface area contributed by atoms with Crippen LogP contribution in [0, 0.1) is 0 Å². The molecule has 0 aromatic heterocycles. The van der Waals surface area contributed by atoms with Gasteiger partial charge in [-0.2, -0.15) is 0 Å². The van der Waals surface area contributed by atoms with Crippen LogP contribution >= 0.6 is 58.0 Å². The minimum atomic E-state index is -1.61. The van der Waals surface area contributed by atoms with Crippen LogP contribution < -0.4 is 24.8 Å². The van der Waals surface area contributed by atoms with Crippen LogP contribution in [0.25, 0.3) is 0 Å². The summed E-state index contributed by atoms with van der Waals surface area (Å²) in [5.74, 6) is 0. The van der Waals surface area contributed by atoms with Gasteiger partial charge < -0.3 is 24.8 Å². The summed E-state index contributed by atoms with van der Waals surface area (Å²) in [7, 11) is 0. The molecule has 0 aliphatic carbocycles. The van der Waals surface area contributed by atoms with Gasteiger partial charge in [-0.3, -0.25) is 0 Å². The average Bonchev–Trinajstić information content (AvgIpc) is 1.25. The zero-order chi connectivity index (χ0) is 7.00. The maximum atomic E-state index is 5.38. The van der Waals surface area contributed by atoms with E-state index in [0.717, 1.165) is 0 Å². The van der Waals surface area contributed by atoms with Gasteiger partial charge in [0.1, 0.15) is 0 Å². The van der Waals surface area contributed by atoms with Crippen LogP contribution in [0.2, 0.25) is 0 Å². The Morgan fingerprint density at radius 1 is 0.818 bits per heavy atom. The van der Waals surface area contributed by atoms with E-state index in [2.05, 4.69) is 0 Å². The molecule has 0 nitrogen and oxygen atoms in total. The van der Waals surface area contributed by atoms with E-state index in [4.69, 9.17) is 58.0 Å². The number of halogens is 7. The van der Waals surface area contributed by atoms with E-state index in [1.807, 2.05) is 0 Å². The van der Waals surface area contributed by atoms with Crippen LogP contribution in [0.15, 0.2) is 0 Å². The van der Waals surface area contributed by atoms with Crippen LogP contribution in [-0.4, -0.2) is 8.13 Å². The van der Waals surface area contributed by atoms with Gasteiger partial charge in [-0.05, 0) is 6.92 Å². The van der Waals surface area contributed by atoms with E-state index < -0.39 is 8.13 Å². The maximum Gasteiger partial charge on any atom is 2.00 e. The quantitative estimate of drug-likeness (QED) is 0.339. The Balaban J connectivity index is -0.0000000817. The zero-order valence-electron chi connectivity index (χ0n) is 5.00. The molecule has 0 saturated carbocycles. The number of alkyl halides is 5. The van der Waals surface area contributed by atoms with E-state index in [9.17, 15) is 0 Å². The number of hydrogen-bond acceptors (Lipinski definition) is 0.